The number of pyridine rings is 1. The average Bonchev–Trinajstić information content (AvgIpc) is 2.57. The van der Waals surface area contributed by atoms with Crippen LogP contribution in [0.2, 0.25) is 0 Å². The van der Waals surface area contributed by atoms with Gasteiger partial charge in [0.05, 0.1) is 12.3 Å². The second-order valence-corrected chi connectivity index (χ2v) is 6.52. The van der Waals surface area contributed by atoms with Crippen molar-refractivity contribution < 1.29 is 4.74 Å². The van der Waals surface area contributed by atoms with Gasteiger partial charge < -0.3 is 9.64 Å². The number of hydrogen-bond donors (Lipinski definition) is 0. The second-order valence-electron chi connectivity index (χ2n) is 6.52. The first kappa shape index (κ1) is 16.8. The van der Waals surface area contributed by atoms with E-state index in [9.17, 15) is 0 Å². The van der Waals surface area contributed by atoms with Gasteiger partial charge in [-0.25, -0.2) is 9.97 Å². The van der Waals surface area contributed by atoms with Gasteiger partial charge in [0, 0.05) is 63.1 Å². The molecule has 0 aliphatic carbocycles. The normalized spacial score (nSPS) is 18.6. The second kappa shape index (κ2) is 7.23. The lowest BCUT2D eigenvalue weighted by atomic mass is 10.1. The highest BCUT2D eigenvalue weighted by atomic mass is 16.5. The molecule has 0 saturated carbocycles. The highest BCUT2D eigenvalue weighted by Crippen LogP contribution is 2.25. The maximum atomic E-state index is 5.99. The van der Waals surface area contributed by atoms with Gasteiger partial charge in [-0.15, -0.1) is 0 Å². The van der Waals surface area contributed by atoms with Crippen LogP contribution in [-0.2, 0) is 11.3 Å². The van der Waals surface area contributed by atoms with E-state index in [1.54, 1.807) is 0 Å². The van der Waals surface area contributed by atoms with Crippen molar-refractivity contribution in [3.05, 3.63) is 47.3 Å². The predicted octanol–water partition coefficient (Wildman–Crippen LogP) is 2.13. The van der Waals surface area contributed by atoms with Gasteiger partial charge in [0.1, 0.15) is 11.9 Å². The molecule has 0 bridgehead atoms. The van der Waals surface area contributed by atoms with Crippen LogP contribution in [0.4, 0.5) is 5.69 Å². The molecule has 0 N–H and O–H groups in total. The van der Waals surface area contributed by atoms with Crippen molar-refractivity contribution in [1.29, 1.82) is 0 Å². The number of aromatic nitrogens is 3. The highest BCUT2D eigenvalue weighted by Gasteiger charge is 2.24. The molecule has 0 aromatic carbocycles. The maximum Gasteiger partial charge on any atom is 0.125 e. The number of anilines is 1. The van der Waals surface area contributed by atoms with Crippen LogP contribution < -0.4 is 4.90 Å². The first-order valence-electron chi connectivity index (χ1n) is 8.28. The number of nitrogens with zero attached hydrogens (tertiary/aromatic N) is 5. The third-order valence-electron chi connectivity index (χ3n) is 4.20. The SMILES string of the molecule is Cc1cc(N(C)C)cc([C@H]2CN(Cc3cnc(C)nc3)CCO2)n1. The Kier molecular flexibility index (Phi) is 5.06. The molecule has 3 heterocycles. The van der Waals surface area contributed by atoms with Crippen molar-refractivity contribution in [3.63, 3.8) is 0 Å². The summed E-state index contributed by atoms with van der Waals surface area (Å²) in [6, 6.07) is 4.21. The highest BCUT2D eigenvalue weighted by molar-refractivity contribution is 5.47. The predicted molar refractivity (Wildman–Crippen MR) is 94.0 cm³/mol. The van der Waals surface area contributed by atoms with Crippen LogP contribution in [0.25, 0.3) is 0 Å². The number of morpholine rings is 1. The quantitative estimate of drug-likeness (QED) is 0.857. The van der Waals surface area contributed by atoms with Crippen molar-refractivity contribution >= 4 is 5.69 Å². The standard InChI is InChI=1S/C18H25N5O/c1-13-7-16(22(3)4)8-17(21-13)18-12-23(5-6-24-18)11-15-9-19-14(2)20-10-15/h7-10,18H,5-6,11-12H2,1-4H3/t18-/m1/s1. The van der Waals surface area contributed by atoms with Gasteiger partial charge >= 0.3 is 0 Å². The molecule has 1 saturated heterocycles. The molecule has 6 heteroatoms. The topological polar surface area (TPSA) is 54.4 Å². The Morgan fingerprint density at radius 2 is 1.96 bits per heavy atom. The summed E-state index contributed by atoms with van der Waals surface area (Å²) >= 11 is 0. The maximum absolute atomic E-state index is 5.99. The van der Waals surface area contributed by atoms with Gasteiger partial charge in [-0.2, -0.15) is 0 Å². The zero-order valence-electron chi connectivity index (χ0n) is 14.9. The summed E-state index contributed by atoms with van der Waals surface area (Å²) in [4.78, 5) is 17.7. The summed E-state index contributed by atoms with van der Waals surface area (Å²) in [5.41, 5.74) is 4.31. The molecule has 0 unspecified atom stereocenters. The fourth-order valence-electron chi connectivity index (χ4n) is 2.88. The summed E-state index contributed by atoms with van der Waals surface area (Å²) in [6.07, 6.45) is 3.81. The Labute approximate surface area is 143 Å². The van der Waals surface area contributed by atoms with E-state index in [0.717, 1.165) is 48.1 Å². The van der Waals surface area contributed by atoms with Crippen LogP contribution in [-0.4, -0.2) is 53.6 Å². The van der Waals surface area contributed by atoms with Gasteiger partial charge in [0.25, 0.3) is 0 Å². The minimum atomic E-state index is 0.00344. The van der Waals surface area contributed by atoms with E-state index in [4.69, 9.17) is 4.74 Å². The van der Waals surface area contributed by atoms with Crippen LogP contribution >= 0.6 is 0 Å². The van der Waals surface area contributed by atoms with Crippen molar-refractivity contribution in [2.75, 3.05) is 38.7 Å². The monoisotopic (exact) mass is 327 g/mol. The molecule has 0 spiro atoms. The van der Waals surface area contributed by atoms with E-state index in [2.05, 4.69) is 36.9 Å². The molecular formula is C18H25N5O. The minimum absolute atomic E-state index is 0.00344. The summed E-state index contributed by atoms with van der Waals surface area (Å²) in [6.45, 7) is 7.23. The molecule has 0 amide bonds. The van der Waals surface area contributed by atoms with Crippen molar-refractivity contribution in [2.24, 2.45) is 0 Å². The van der Waals surface area contributed by atoms with Gasteiger partial charge in [0.2, 0.25) is 0 Å². The van der Waals surface area contributed by atoms with Gasteiger partial charge in [0.15, 0.2) is 0 Å². The molecule has 2 aromatic rings. The molecule has 1 aliphatic rings. The number of ether oxygens (including phenoxy) is 1. The zero-order valence-corrected chi connectivity index (χ0v) is 14.9. The number of aryl methyl sites for hydroxylation is 2. The van der Waals surface area contributed by atoms with Crippen LogP contribution in [0.1, 0.15) is 28.9 Å². The molecule has 2 aromatic heterocycles. The molecular weight excluding hydrogens is 302 g/mol. The van der Waals surface area contributed by atoms with Crippen molar-refractivity contribution in [2.45, 2.75) is 26.5 Å². The molecule has 1 aliphatic heterocycles. The van der Waals surface area contributed by atoms with Crippen LogP contribution in [0.3, 0.4) is 0 Å². The Bertz CT molecular complexity index is 686. The van der Waals surface area contributed by atoms with E-state index in [0.29, 0.717) is 6.61 Å². The molecule has 0 radical (unpaired) electrons. The van der Waals surface area contributed by atoms with E-state index < -0.39 is 0 Å². The Morgan fingerprint density at radius 3 is 2.67 bits per heavy atom. The van der Waals surface area contributed by atoms with E-state index in [1.807, 2.05) is 40.3 Å². The lowest BCUT2D eigenvalue weighted by Gasteiger charge is -2.33. The largest absolute Gasteiger partial charge is 0.378 e. The molecule has 3 rings (SSSR count). The molecule has 1 atom stereocenters. The molecule has 6 nitrogen and oxygen atoms in total. The summed E-state index contributed by atoms with van der Waals surface area (Å²) in [7, 11) is 4.09. The molecule has 1 fully saturated rings. The summed E-state index contributed by atoms with van der Waals surface area (Å²) in [5, 5.41) is 0. The smallest absolute Gasteiger partial charge is 0.125 e. The Balaban J connectivity index is 1.72. The van der Waals surface area contributed by atoms with Gasteiger partial charge in [-0.05, 0) is 26.0 Å². The van der Waals surface area contributed by atoms with Crippen LogP contribution in [0.5, 0.6) is 0 Å². The fourth-order valence-corrected chi connectivity index (χ4v) is 2.88. The molecule has 128 valence electrons. The summed E-state index contributed by atoms with van der Waals surface area (Å²) < 4.78 is 5.99. The van der Waals surface area contributed by atoms with Gasteiger partial charge in [-0.1, -0.05) is 0 Å². The van der Waals surface area contributed by atoms with Crippen molar-refractivity contribution in [1.82, 2.24) is 19.9 Å². The average molecular weight is 327 g/mol. The van der Waals surface area contributed by atoms with E-state index in [1.165, 1.54) is 0 Å². The number of rotatable bonds is 4. The third-order valence-corrected chi connectivity index (χ3v) is 4.20. The van der Waals surface area contributed by atoms with Crippen LogP contribution in [0, 0.1) is 13.8 Å². The van der Waals surface area contributed by atoms with E-state index in [-0.39, 0.29) is 6.10 Å². The first-order valence-corrected chi connectivity index (χ1v) is 8.28. The molecule has 24 heavy (non-hydrogen) atoms. The van der Waals surface area contributed by atoms with E-state index >= 15 is 0 Å². The van der Waals surface area contributed by atoms with Gasteiger partial charge in [-0.3, -0.25) is 9.88 Å². The number of hydrogen-bond acceptors (Lipinski definition) is 6. The first-order chi connectivity index (χ1) is 11.5. The lowest BCUT2D eigenvalue weighted by Crippen LogP contribution is -2.38. The Hall–Kier alpha value is -2.05. The lowest BCUT2D eigenvalue weighted by molar-refractivity contribution is -0.0350. The fraction of sp³-hybridized carbons (Fsp3) is 0.500. The third kappa shape index (κ3) is 4.07. The minimum Gasteiger partial charge on any atom is -0.378 e. The summed E-state index contributed by atoms with van der Waals surface area (Å²) in [5.74, 6) is 0.804. The van der Waals surface area contributed by atoms with Crippen LogP contribution in [0.15, 0.2) is 24.5 Å². The zero-order chi connectivity index (χ0) is 17.1. The Morgan fingerprint density at radius 1 is 1.21 bits per heavy atom. The van der Waals surface area contributed by atoms with Crippen molar-refractivity contribution in [3.8, 4) is 0 Å².